The molecule has 1 aliphatic heterocycles. The van der Waals surface area contributed by atoms with Crippen molar-refractivity contribution in [2.24, 2.45) is 0 Å². The van der Waals surface area contributed by atoms with Crippen molar-refractivity contribution in [2.45, 2.75) is 17.7 Å². The minimum Gasteiger partial charge on any atom is -0.478 e. The lowest BCUT2D eigenvalue weighted by Crippen LogP contribution is -1.98. The molecule has 0 fully saturated rings. The van der Waals surface area contributed by atoms with Crippen LogP contribution in [0.1, 0.15) is 33.6 Å². The molecule has 0 bridgehead atoms. The molecule has 0 spiro atoms. The van der Waals surface area contributed by atoms with Crippen LogP contribution in [-0.2, 0) is 6.42 Å². The number of benzene rings is 1. The number of aryl methyl sites for hydroxylation is 1. The normalized spacial score (nSPS) is 13.0. The molecule has 1 aromatic carbocycles. The van der Waals surface area contributed by atoms with Gasteiger partial charge in [-0.3, -0.25) is 0 Å². The smallest absolute Gasteiger partial charge is 0.337 e. The summed E-state index contributed by atoms with van der Waals surface area (Å²) in [5.74, 6) is 6.28. The topological polar surface area (TPSA) is 50.2 Å². The molecular formula is C17H13NO2S. The fourth-order valence-corrected chi connectivity index (χ4v) is 3.19. The number of aromatic nitrogens is 1. The number of nitrogens with zero attached hydrogens (tertiary/aromatic N) is 1. The molecule has 1 aromatic heterocycles. The standard InChI is InChI=1S/C17H13NO2S/c19-17(20)14-5-7-15(18-11-14)6-3-12-4-8-16-13(10-12)2-1-9-21-16/h4-5,7-8,10-11H,1-2,9H2,(H,19,20). The molecule has 1 N–H and O–H groups in total. The number of pyridine rings is 1. The average Bonchev–Trinajstić information content (AvgIpc) is 2.53. The molecule has 0 aliphatic carbocycles. The lowest BCUT2D eigenvalue weighted by molar-refractivity contribution is 0.0696. The van der Waals surface area contributed by atoms with Crippen LogP contribution in [0.5, 0.6) is 0 Å². The monoisotopic (exact) mass is 295 g/mol. The third-order valence-electron chi connectivity index (χ3n) is 3.25. The second-order valence-electron chi connectivity index (χ2n) is 4.76. The number of fused-ring (bicyclic) bond motifs is 1. The highest BCUT2D eigenvalue weighted by atomic mass is 32.2. The van der Waals surface area contributed by atoms with Crippen LogP contribution < -0.4 is 0 Å². The van der Waals surface area contributed by atoms with Gasteiger partial charge >= 0.3 is 5.97 Å². The van der Waals surface area contributed by atoms with Gasteiger partial charge in [0.15, 0.2) is 0 Å². The lowest BCUT2D eigenvalue weighted by Gasteiger charge is -2.14. The maximum atomic E-state index is 10.7. The summed E-state index contributed by atoms with van der Waals surface area (Å²) < 4.78 is 0. The number of carbonyl (C=O) groups is 1. The number of aromatic carboxylic acids is 1. The molecular weight excluding hydrogens is 282 g/mol. The first kappa shape index (κ1) is 13.7. The molecule has 0 saturated carbocycles. The van der Waals surface area contributed by atoms with Crippen molar-refractivity contribution in [1.29, 1.82) is 0 Å². The quantitative estimate of drug-likeness (QED) is 0.821. The zero-order chi connectivity index (χ0) is 14.7. The Morgan fingerprint density at radius 3 is 2.90 bits per heavy atom. The number of hydrogen-bond acceptors (Lipinski definition) is 3. The van der Waals surface area contributed by atoms with Crippen LogP contribution in [0.2, 0.25) is 0 Å². The number of rotatable bonds is 1. The summed E-state index contributed by atoms with van der Waals surface area (Å²) in [5, 5.41) is 8.82. The summed E-state index contributed by atoms with van der Waals surface area (Å²) >= 11 is 1.90. The van der Waals surface area contributed by atoms with Gasteiger partial charge in [0.05, 0.1) is 5.56 Å². The maximum Gasteiger partial charge on any atom is 0.337 e. The van der Waals surface area contributed by atoms with Gasteiger partial charge in [0.25, 0.3) is 0 Å². The zero-order valence-corrected chi connectivity index (χ0v) is 12.1. The minimum atomic E-state index is -0.978. The van der Waals surface area contributed by atoms with Crippen molar-refractivity contribution < 1.29 is 9.90 Å². The van der Waals surface area contributed by atoms with Crippen molar-refractivity contribution in [3.63, 3.8) is 0 Å². The fourth-order valence-electron chi connectivity index (χ4n) is 2.17. The third kappa shape index (κ3) is 3.26. The Morgan fingerprint density at radius 1 is 1.24 bits per heavy atom. The highest BCUT2D eigenvalue weighted by Gasteiger charge is 2.09. The number of carboxylic acids is 1. The van der Waals surface area contributed by atoms with Crippen molar-refractivity contribution in [2.75, 3.05) is 5.75 Å². The summed E-state index contributed by atoms with van der Waals surface area (Å²) in [7, 11) is 0. The predicted octanol–water partition coefficient (Wildman–Crippen LogP) is 3.22. The largest absolute Gasteiger partial charge is 0.478 e. The van der Waals surface area contributed by atoms with Gasteiger partial charge in [-0.15, -0.1) is 11.8 Å². The average molecular weight is 295 g/mol. The van der Waals surface area contributed by atoms with E-state index >= 15 is 0 Å². The van der Waals surface area contributed by atoms with Crippen LogP contribution in [0.15, 0.2) is 41.4 Å². The molecule has 3 nitrogen and oxygen atoms in total. The molecule has 2 heterocycles. The van der Waals surface area contributed by atoms with Gasteiger partial charge in [-0.05, 0) is 60.4 Å². The second-order valence-corrected chi connectivity index (χ2v) is 5.90. The van der Waals surface area contributed by atoms with Crippen LogP contribution in [0.25, 0.3) is 0 Å². The SMILES string of the molecule is O=C(O)c1ccc(C#Cc2ccc3c(c2)CCCS3)nc1. The van der Waals surface area contributed by atoms with Crippen LogP contribution in [0.3, 0.4) is 0 Å². The Kier molecular flexibility index (Phi) is 3.94. The maximum absolute atomic E-state index is 10.7. The molecule has 104 valence electrons. The van der Waals surface area contributed by atoms with E-state index in [2.05, 4.69) is 29.0 Å². The van der Waals surface area contributed by atoms with Crippen molar-refractivity contribution >= 4 is 17.7 Å². The highest BCUT2D eigenvalue weighted by molar-refractivity contribution is 7.99. The van der Waals surface area contributed by atoms with E-state index in [0.717, 1.165) is 12.0 Å². The van der Waals surface area contributed by atoms with Gasteiger partial charge in [0, 0.05) is 16.7 Å². The van der Waals surface area contributed by atoms with E-state index in [-0.39, 0.29) is 5.56 Å². The first-order valence-corrected chi connectivity index (χ1v) is 7.68. The van der Waals surface area contributed by atoms with E-state index in [1.165, 1.54) is 34.9 Å². The molecule has 2 aromatic rings. The van der Waals surface area contributed by atoms with E-state index in [9.17, 15) is 4.79 Å². The fraction of sp³-hybridized carbons (Fsp3) is 0.176. The molecule has 3 rings (SSSR count). The molecule has 0 atom stereocenters. The van der Waals surface area contributed by atoms with E-state index in [1.54, 1.807) is 6.07 Å². The van der Waals surface area contributed by atoms with E-state index in [0.29, 0.717) is 5.69 Å². The van der Waals surface area contributed by atoms with Gasteiger partial charge < -0.3 is 5.11 Å². The van der Waals surface area contributed by atoms with Gasteiger partial charge in [-0.25, -0.2) is 9.78 Å². The van der Waals surface area contributed by atoms with Gasteiger partial charge in [-0.2, -0.15) is 0 Å². The lowest BCUT2D eigenvalue weighted by atomic mass is 10.1. The molecule has 4 heteroatoms. The Morgan fingerprint density at radius 2 is 2.14 bits per heavy atom. The van der Waals surface area contributed by atoms with Crippen LogP contribution in [0, 0.1) is 11.8 Å². The molecule has 21 heavy (non-hydrogen) atoms. The van der Waals surface area contributed by atoms with Gasteiger partial charge in [0.1, 0.15) is 5.69 Å². The summed E-state index contributed by atoms with van der Waals surface area (Å²) in [5.41, 5.74) is 3.09. The highest BCUT2D eigenvalue weighted by Crippen LogP contribution is 2.30. The van der Waals surface area contributed by atoms with Crippen molar-refractivity contribution in [1.82, 2.24) is 4.98 Å². The first-order chi connectivity index (χ1) is 10.2. The summed E-state index contributed by atoms with van der Waals surface area (Å²) in [4.78, 5) is 16.2. The van der Waals surface area contributed by atoms with Crippen molar-refractivity contribution in [3.05, 3.63) is 58.9 Å². The van der Waals surface area contributed by atoms with E-state index in [1.807, 2.05) is 17.8 Å². The predicted molar refractivity (Wildman–Crippen MR) is 82.7 cm³/mol. The molecule has 0 unspecified atom stereocenters. The molecule has 0 radical (unpaired) electrons. The Balaban J connectivity index is 1.82. The summed E-state index contributed by atoms with van der Waals surface area (Å²) in [6, 6.07) is 9.44. The number of carboxylic acid groups (broad SMARTS) is 1. The third-order valence-corrected chi connectivity index (χ3v) is 4.46. The van der Waals surface area contributed by atoms with Crippen molar-refractivity contribution in [3.8, 4) is 11.8 Å². The van der Waals surface area contributed by atoms with E-state index < -0.39 is 5.97 Å². The number of thioether (sulfide) groups is 1. The van der Waals surface area contributed by atoms with Gasteiger partial charge in [-0.1, -0.05) is 5.92 Å². The Hall–Kier alpha value is -2.25. The van der Waals surface area contributed by atoms with Gasteiger partial charge in [0.2, 0.25) is 0 Å². The molecule has 0 saturated heterocycles. The minimum absolute atomic E-state index is 0.173. The van der Waals surface area contributed by atoms with Crippen LogP contribution in [-0.4, -0.2) is 21.8 Å². The second kappa shape index (κ2) is 6.02. The summed E-state index contributed by atoms with van der Waals surface area (Å²) in [6.45, 7) is 0. The van der Waals surface area contributed by atoms with Crippen LogP contribution >= 0.6 is 11.8 Å². The van der Waals surface area contributed by atoms with E-state index in [4.69, 9.17) is 5.11 Å². The molecule has 1 aliphatic rings. The Labute approximate surface area is 127 Å². The zero-order valence-electron chi connectivity index (χ0n) is 11.3. The Bertz CT molecular complexity index is 742. The first-order valence-electron chi connectivity index (χ1n) is 6.69. The summed E-state index contributed by atoms with van der Waals surface area (Å²) in [6.07, 6.45) is 3.66. The molecule has 0 amide bonds. The number of hydrogen-bond donors (Lipinski definition) is 1. The van der Waals surface area contributed by atoms with Crippen LogP contribution in [0.4, 0.5) is 0 Å².